The molecule has 2 nitrogen and oxygen atoms in total. The Labute approximate surface area is 91.6 Å². The maximum atomic E-state index is 5.25. The van der Waals surface area contributed by atoms with Crippen molar-refractivity contribution in [3.05, 3.63) is 35.4 Å². The molecule has 2 rings (SSSR count). The van der Waals surface area contributed by atoms with E-state index in [-0.39, 0.29) is 0 Å². The van der Waals surface area contributed by atoms with Crippen LogP contribution in [0.5, 0.6) is 0 Å². The minimum absolute atomic E-state index is 0.486. The van der Waals surface area contributed by atoms with Crippen LogP contribution in [0.1, 0.15) is 24.0 Å². The molecule has 0 unspecified atom stereocenters. The third-order valence-corrected chi connectivity index (χ3v) is 3.11. The average Bonchev–Trinajstić information content (AvgIpc) is 2.16. The summed E-state index contributed by atoms with van der Waals surface area (Å²) in [6.07, 6.45) is 2.80. The highest BCUT2D eigenvalue weighted by atomic mass is 16.5. The Morgan fingerprint density at radius 3 is 2.87 bits per heavy atom. The fraction of sp³-hybridized carbons (Fsp3) is 0.538. The van der Waals surface area contributed by atoms with Crippen LogP contribution in [0.15, 0.2) is 24.3 Å². The van der Waals surface area contributed by atoms with Gasteiger partial charge in [0.2, 0.25) is 0 Å². The van der Waals surface area contributed by atoms with Crippen LogP contribution in [0.3, 0.4) is 0 Å². The molecule has 1 saturated carbocycles. The lowest BCUT2D eigenvalue weighted by Crippen LogP contribution is -2.44. The van der Waals surface area contributed by atoms with Gasteiger partial charge in [-0.1, -0.05) is 29.8 Å². The molecule has 0 saturated heterocycles. The van der Waals surface area contributed by atoms with E-state index in [1.54, 1.807) is 7.11 Å². The van der Waals surface area contributed by atoms with E-state index in [4.69, 9.17) is 4.74 Å². The maximum Gasteiger partial charge on any atom is 0.0601 e. The summed E-state index contributed by atoms with van der Waals surface area (Å²) >= 11 is 0. The summed E-state index contributed by atoms with van der Waals surface area (Å²) in [6, 6.07) is 9.31. The van der Waals surface area contributed by atoms with Crippen molar-refractivity contribution in [3.63, 3.8) is 0 Å². The number of hydrogen-bond donors (Lipinski definition) is 1. The van der Waals surface area contributed by atoms with Crippen molar-refractivity contribution in [2.45, 2.75) is 38.5 Å². The van der Waals surface area contributed by atoms with Crippen molar-refractivity contribution in [1.29, 1.82) is 0 Å². The van der Waals surface area contributed by atoms with Gasteiger partial charge in [-0.3, -0.25) is 0 Å². The van der Waals surface area contributed by atoms with Crippen LogP contribution in [-0.2, 0) is 11.3 Å². The summed E-state index contributed by atoms with van der Waals surface area (Å²) in [5.74, 6) is 0. The topological polar surface area (TPSA) is 21.3 Å². The van der Waals surface area contributed by atoms with Crippen LogP contribution in [0.4, 0.5) is 0 Å². The number of benzene rings is 1. The van der Waals surface area contributed by atoms with Gasteiger partial charge in [0.05, 0.1) is 6.10 Å². The molecule has 15 heavy (non-hydrogen) atoms. The molecule has 1 N–H and O–H groups in total. The van der Waals surface area contributed by atoms with Crippen LogP contribution in [-0.4, -0.2) is 19.3 Å². The highest BCUT2D eigenvalue weighted by Gasteiger charge is 2.28. The Morgan fingerprint density at radius 1 is 1.40 bits per heavy atom. The highest BCUT2D eigenvalue weighted by molar-refractivity contribution is 5.22. The fourth-order valence-corrected chi connectivity index (χ4v) is 2.01. The largest absolute Gasteiger partial charge is 0.381 e. The second kappa shape index (κ2) is 4.77. The second-order valence-electron chi connectivity index (χ2n) is 4.40. The Bertz CT molecular complexity index is 318. The van der Waals surface area contributed by atoms with Gasteiger partial charge in [0.15, 0.2) is 0 Å². The summed E-state index contributed by atoms with van der Waals surface area (Å²) < 4.78 is 5.25. The third kappa shape index (κ3) is 2.80. The lowest BCUT2D eigenvalue weighted by molar-refractivity contribution is 0.0170. The van der Waals surface area contributed by atoms with Crippen molar-refractivity contribution in [2.24, 2.45) is 0 Å². The van der Waals surface area contributed by atoms with E-state index >= 15 is 0 Å². The fourth-order valence-electron chi connectivity index (χ4n) is 2.01. The average molecular weight is 205 g/mol. The molecule has 0 aliphatic heterocycles. The molecule has 2 heteroatoms. The lowest BCUT2D eigenvalue weighted by atomic mass is 9.89. The number of hydrogen-bond acceptors (Lipinski definition) is 2. The number of nitrogens with one attached hydrogen (secondary N) is 1. The summed E-state index contributed by atoms with van der Waals surface area (Å²) in [5.41, 5.74) is 2.70. The van der Waals surface area contributed by atoms with Gasteiger partial charge >= 0.3 is 0 Å². The van der Waals surface area contributed by atoms with Gasteiger partial charge in [-0.25, -0.2) is 0 Å². The molecule has 1 fully saturated rings. The van der Waals surface area contributed by atoms with Crippen molar-refractivity contribution < 1.29 is 4.74 Å². The highest BCUT2D eigenvalue weighted by Crippen LogP contribution is 2.22. The zero-order valence-corrected chi connectivity index (χ0v) is 9.49. The zero-order chi connectivity index (χ0) is 10.7. The number of ether oxygens (including phenoxy) is 1. The standard InChI is InChI=1S/C13H19NO/c1-10-4-3-5-11(6-10)9-14-12-7-13(8-12)15-2/h3-6,12-14H,7-9H2,1-2H3. The number of aryl methyl sites for hydroxylation is 1. The molecule has 0 atom stereocenters. The maximum absolute atomic E-state index is 5.25. The molecule has 0 amide bonds. The number of rotatable bonds is 4. The molecule has 1 aliphatic rings. The molecule has 0 bridgehead atoms. The second-order valence-corrected chi connectivity index (χ2v) is 4.40. The minimum atomic E-state index is 0.486. The normalized spacial score (nSPS) is 24.9. The Kier molecular flexibility index (Phi) is 3.39. The van der Waals surface area contributed by atoms with Crippen LogP contribution < -0.4 is 5.32 Å². The first-order valence-corrected chi connectivity index (χ1v) is 5.59. The van der Waals surface area contributed by atoms with Crippen LogP contribution in [0, 0.1) is 6.92 Å². The van der Waals surface area contributed by atoms with E-state index in [2.05, 4.69) is 36.5 Å². The first-order chi connectivity index (χ1) is 7.28. The molecule has 82 valence electrons. The minimum Gasteiger partial charge on any atom is -0.381 e. The molecule has 1 aromatic rings. The lowest BCUT2D eigenvalue weighted by Gasteiger charge is -2.34. The van der Waals surface area contributed by atoms with Gasteiger partial charge in [-0.15, -0.1) is 0 Å². The summed E-state index contributed by atoms with van der Waals surface area (Å²) in [7, 11) is 1.79. The molecule has 1 aliphatic carbocycles. The predicted octanol–water partition coefficient (Wildman–Crippen LogP) is 2.26. The van der Waals surface area contributed by atoms with Crippen LogP contribution >= 0.6 is 0 Å². The summed E-state index contributed by atoms with van der Waals surface area (Å²) in [5, 5.41) is 3.55. The van der Waals surface area contributed by atoms with Gasteiger partial charge in [-0.05, 0) is 25.3 Å². The SMILES string of the molecule is COC1CC(NCc2cccc(C)c2)C1. The first kappa shape index (κ1) is 10.7. The molecule has 0 radical (unpaired) electrons. The van der Waals surface area contributed by atoms with Crippen molar-refractivity contribution >= 4 is 0 Å². The van der Waals surface area contributed by atoms with Crippen LogP contribution in [0.25, 0.3) is 0 Å². The van der Waals surface area contributed by atoms with Gasteiger partial charge in [0.25, 0.3) is 0 Å². The molecular weight excluding hydrogens is 186 g/mol. The van der Waals surface area contributed by atoms with Gasteiger partial charge in [0.1, 0.15) is 0 Å². The predicted molar refractivity (Wildman–Crippen MR) is 61.8 cm³/mol. The van der Waals surface area contributed by atoms with Crippen molar-refractivity contribution in [2.75, 3.05) is 7.11 Å². The molecule has 1 aromatic carbocycles. The van der Waals surface area contributed by atoms with E-state index < -0.39 is 0 Å². The molecular formula is C13H19NO. The van der Waals surface area contributed by atoms with E-state index in [0.29, 0.717) is 12.1 Å². The monoisotopic (exact) mass is 205 g/mol. The van der Waals surface area contributed by atoms with E-state index in [9.17, 15) is 0 Å². The van der Waals surface area contributed by atoms with Crippen LogP contribution in [0.2, 0.25) is 0 Å². The summed E-state index contributed by atoms with van der Waals surface area (Å²) in [6.45, 7) is 3.11. The zero-order valence-electron chi connectivity index (χ0n) is 9.49. The third-order valence-electron chi connectivity index (χ3n) is 3.11. The Hall–Kier alpha value is -0.860. The van der Waals surface area contributed by atoms with E-state index in [1.165, 1.54) is 11.1 Å². The molecule has 0 aromatic heterocycles. The first-order valence-electron chi connectivity index (χ1n) is 5.59. The quantitative estimate of drug-likeness (QED) is 0.814. The molecule has 0 spiro atoms. The Balaban J connectivity index is 1.75. The Morgan fingerprint density at radius 2 is 2.20 bits per heavy atom. The van der Waals surface area contributed by atoms with Crippen molar-refractivity contribution in [3.8, 4) is 0 Å². The summed E-state index contributed by atoms with van der Waals surface area (Å²) in [4.78, 5) is 0. The smallest absolute Gasteiger partial charge is 0.0601 e. The van der Waals surface area contributed by atoms with Crippen molar-refractivity contribution in [1.82, 2.24) is 5.32 Å². The molecule has 0 heterocycles. The van der Waals surface area contributed by atoms with Gasteiger partial charge in [-0.2, -0.15) is 0 Å². The van der Waals surface area contributed by atoms with E-state index in [1.807, 2.05) is 0 Å². The van der Waals surface area contributed by atoms with Gasteiger partial charge in [0, 0.05) is 19.7 Å². The van der Waals surface area contributed by atoms with Gasteiger partial charge < -0.3 is 10.1 Å². The van der Waals surface area contributed by atoms with E-state index in [0.717, 1.165) is 19.4 Å². The number of methoxy groups -OCH3 is 1.